The second kappa shape index (κ2) is 5.09. The molecule has 0 saturated carbocycles. The minimum absolute atomic E-state index is 0.0942. The van der Waals surface area contributed by atoms with Gasteiger partial charge in [-0.1, -0.05) is 0 Å². The lowest BCUT2D eigenvalue weighted by Crippen LogP contribution is -2.07. The summed E-state index contributed by atoms with van der Waals surface area (Å²) in [5.74, 6) is 1.40. The fraction of sp³-hybridized carbons (Fsp3) is 0.200. The van der Waals surface area contributed by atoms with E-state index in [0.29, 0.717) is 17.8 Å². The van der Waals surface area contributed by atoms with Gasteiger partial charge in [-0.15, -0.1) is 11.3 Å². The van der Waals surface area contributed by atoms with Crippen LogP contribution in [-0.2, 0) is 0 Å². The van der Waals surface area contributed by atoms with Crippen molar-refractivity contribution in [3.05, 3.63) is 45.6 Å². The van der Waals surface area contributed by atoms with Gasteiger partial charge in [0.15, 0.2) is 0 Å². The molecule has 5 heteroatoms. The highest BCUT2D eigenvalue weighted by atomic mass is 32.1. The lowest BCUT2D eigenvalue weighted by atomic mass is 10.2. The molecule has 0 atom stereocenters. The number of nitrogens with one attached hydrogen (secondary N) is 1. The number of H-pyrrole nitrogens is 1. The largest absolute Gasteiger partial charge is 0.494 e. The Bertz CT molecular complexity index is 803. The molecular weight excluding hydrogens is 272 g/mol. The van der Waals surface area contributed by atoms with Crippen molar-refractivity contribution < 1.29 is 4.74 Å². The maximum atomic E-state index is 12.0. The Morgan fingerprint density at radius 3 is 2.75 bits per heavy atom. The number of aromatic amines is 1. The van der Waals surface area contributed by atoms with Crippen molar-refractivity contribution in [2.75, 3.05) is 6.61 Å². The van der Waals surface area contributed by atoms with Crippen molar-refractivity contribution in [1.29, 1.82) is 0 Å². The zero-order valence-electron chi connectivity index (χ0n) is 11.3. The number of hydrogen-bond acceptors (Lipinski definition) is 4. The molecule has 0 fully saturated rings. The van der Waals surface area contributed by atoms with Gasteiger partial charge in [0.05, 0.1) is 12.0 Å². The van der Waals surface area contributed by atoms with Crippen LogP contribution in [0.3, 0.4) is 0 Å². The maximum Gasteiger partial charge on any atom is 0.259 e. The van der Waals surface area contributed by atoms with Crippen molar-refractivity contribution in [2.24, 2.45) is 0 Å². The zero-order chi connectivity index (χ0) is 14.1. The molecule has 0 saturated heterocycles. The van der Waals surface area contributed by atoms with E-state index in [1.807, 2.05) is 44.2 Å². The maximum absolute atomic E-state index is 12.0. The number of hydrogen-bond donors (Lipinski definition) is 1. The van der Waals surface area contributed by atoms with Crippen LogP contribution in [0.4, 0.5) is 0 Å². The average Bonchev–Trinajstić information content (AvgIpc) is 2.81. The van der Waals surface area contributed by atoms with Gasteiger partial charge in [0.25, 0.3) is 5.56 Å². The second-order valence-corrected chi connectivity index (χ2v) is 5.68. The van der Waals surface area contributed by atoms with Gasteiger partial charge in [-0.25, -0.2) is 4.98 Å². The first-order valence-electron chi connectivity index (χ1n) is 6.41. The zero-order valence-corrected chi connectivity index (χ0v) is 12.1. The molecule has 0 aliphatic rings. The number of nitrogens with zero attached hydrogens (tertiary/aromatic N) is 1. The van der Waals surface area contributed by atoms with Crippen molar-refractivity contribution in [3.63, 3.8) is 0 Å². The summed E-state index contributed by atoms with van der Waals surface area (Å²) in [5, 5.41) is 0.655. The molecule has 20 heavy (non-hydrogen) atoms. The summed E-state index contributed by atoms with van der Waals surface area (Å²) in [6.07, 6.45) is 0. The molecule has 2 heterocycles. The van der Waals surface area contributed by atoms with E-state index in [-0.39, 0.29) is 5.56 Å². The van der Waals surface area contributed by atoms with Gasteiger partial charge in [-0.3, -0.25) is 4.79 Å². The van der Waals surface area contributed by atoms with Crippen LogP contribution in [0.1, 0.15) is 11.8 Å². The standard InChI is InChI=1S/C15H14N2O2S/c1-3-19-11-6-4-10(5-7-11)13-16-14(18)12-8-9(2)20-15(12)17-13/h4-8H,3H2,1-2H3,(H,16,17,18). The molecule has 0 aliphatic heterocycles. The molecule has 1 aromatic carbocycles. The quantitative estimate of drug-likeness (QED) is 0.803. The molecule has 0 radical (unpaired) electrons. The molecule has 0 amide bonds. The smallest absolute Gasteiger partial charge is 0.259 e. The van der Waals surface area contributed by atoms with Crippen LogP contribution in [0.25, 0.3) is 21.6 Å². The number of thiophene rings is 1. The van der Waals surface area contributed by atoms with E-state index in [9.17, 15) is 4.79 Å². The van der Waals surface area contributed by atoms with Crippen LogP contribution >= 0.6 is 11.3 Å². The lowest BCUT2D eigenvalue weighted by Gasteiger charge is -2.04. The van der Waals surface area contributed by atoms with Crippen LogP contribution in [0, 0.1) is 6.92 Å². The highest BCUT2D eigenvalue weighted by Gasteiger charge is 2.08. The predicted octanol–water partition coefficient (Wildman–Crippen LogP) is 3.36. The first-order valence-corrected chi connectivity index (χ1v) is 7.22. The van der Waals surface area contributed by atoms with E-state index in [1.54, 1.807) is 0 Å². The Morgan fingerprint density at radius 1 is 1.30 bits per heavy atom. The van der Waals surface area contributed by atoms with Crippen molar-refractivity contribution in [1.82, 2.24) is 9.97 Å². The number of ether oxygens (including phenoxy) is 1. The Labute approximate surface area is 120 Å². The van der Waals surface area contributed by atoms with Gasteiger partial charge in [0, 0.05) is 10.4 Å². The second-order valence-electron chi connectivity index (χ2n) is 4.45. The van der Waals surface area contributed by atoms with Crippen LogP contribution in [0.5, 0.6) is 5.75 Å². The molecular formula is C15H14N2O2S. The van der Waals surface area contributed by atoms with Crippen molar-refractivity contribution in [3.8, 4) is 17.1 Å². The SMILES string of the molecule is CCOc1ccc(-c2nc3sc(C)cc3c(=O)[nH]2)cc1. The molecule has 0 unspecified atom stereocenters. The number of aromatic nitrogens is 2. The Morgan fingerprint density at radius 2 is 2.05 bits per heavy atom. The summed E-state index contributed by atoms with van der Waals surface area (Å²) in [6.45, 7) is 4.55. The normalized spacial score (nSPS) is 10.9. The van der Waals surface area contributed by atoms with Gasteiger partial charge in [0.2, 0.25) is 0 Å². The monoisotopic (exact) mass is 286 g/mol. The highest BCUT2D eigenvalue weighted by Crippen LogP contribution is 2.24. The molecule has 3 aromatic rings. The van der Waals surface area contributed by atoms with Crippen LogP contribution in [0.15, 0.2) is 35.1 Å². The number of fused-ring (bicyclic) bond motifs is 1. The molecule has 3 rings (SSSR count). The fourth-order valence-electron chi connectivity index (χ4n) is 2.06. The lowest BCUT2D eigenvalue weighted by molar-refractivity contribution is 0.340. The Balaban J connectivity index is 2.07. The number of aryl methyl sites for hydroxylation is 1. The third-order valence-electron chi connectivity index (χ3n) is 2.96. The highest BCUT2D eigenvalue weighted by molar-refractivity contribution is 7.18. The summed E-state index contributed by atoms with van der Waals surface area (Å²) in [4.78, 5) is 21.3. The summed E-state index contributed by atoms with van der Waals surface area (Å²) < 4.78 is 5.40. The molecule has 0 spiro atoms. The minimum Gasteiger partial charge on any atom is -0.494 e. The van der Waals surface area contributed by atoms with Gasteiger partial charge >= 0.3 is 0 Å². The van der Waals surface area contributed by atoms with E-state index >= 15 is 0 Å². The molecule has 1 N–H and O–H groups in total. The predicted molar refractivity (Wildman–Crippen MR) is 81.6 cm³/mol. The molecule has 0 bridgehead atoms. The van der Waals surface area contributed by atoms with Crippen molar-refractivity contribution in [2.45, 2.75) is 13.8 Å². The van der Waals surface area contributed by atoms with Gasteiger partial charge in [0.1, 0.15) is 16.4 Å². The average molecular weight is 286 g/mol. The third kappa shape index (κ3) is 2.32. The number of rotatable bonds is 3. The summed E-state index contributed by atoms with van der Waals surface area (Å²) in [5.41, 5.74) is 0.779. The fourth-order valence-corrected chi connectivity index (χ4v) is 2.94. The van der Waals surface area contributed by atoms with E-state index < -0.39 is 0 Å². The van der Waals surface area contributed by atoms with Gasteiger partial charge in [-0.05, 0) is 44.2 Å². The van der Waals surface area contributed by atoms with Crippen LogP contribution in [-0.4, -0.2) is 16.6 Å². The first-order chi connectivity index (χ1) is 9.67. The van der Waals surface area contributed by atoms with Crippen LogP contribution < -0.4 is 10.3 Å². The van der Waals surface area contributed by atoms with E-state index in [1.165, 1.54) is 11.3 Å². The summed E-state index contributed by atoms with van der Waals surface area (Å²) in [7, 11) is 0. The van der Waals surface area contributed by atoms with Gasteiger partial charge in [-0.2, -0.15) is 0 Å². The third-order valence-corrected chi connectivity index (χ3v) is 3.91. The van der Waals surface area contributed by atoms with Crippen LogP contribution in [0.2, 0.25) is 0 Å². The van der Waals surface area contributed by atoms with E-state index in [2.05, 4.69) is 9.97 Å². The van der Waals surface area contributed by atoms with Crippen molar-refractivity contribution >= 4 is 21.6 Å². The first kappa shape index (κ1) is 12.9. The molecule has 4 nitrogen and oxygen atoms in total. The summed E-state index contributed by atoms with van der Waals surface area (Å²) in [6, 6.07) is 9.42. The molecule has 102 valence electrons. The van der Waals surface area contributed by atoms with Gasteiger partial charge < -0.3 is 9.72 Å². The topological polar surface area (TPSA) is 55.0 Å². The summed E-state index contributed by atoms with van der Waals surface area (Å²) >= 11 is 1.53. The Hall–Kier alpha value is -2.14. The molecule has 0 aliphatic carbocycles. The minimum atomic E-state index is -0.0942. The van der Waals surface area contributed by atoms with E-state index in [4.69, 9.17) is 4.74 Å². The Kier molecular flexibility index (Phi) is 3.28. The molecule has 2 aromatic heterocycles. The number of benzene rings is 1. The van der Waals surface area contributed by atoms with E-state index in [0.717, 1.165) is 21.0 Å².